The van der Waals surface area contributed by atoms with E-state index in [1.165, 1.54) is 6.26 Å². The molecule has 1 atom stereocenters. The van der Waals surface area contributed by atoms with Gasteiger partial charge in [-0.2, -0.15) is 0 Å². The Morgan fingerprint density at radius 3 is 3.00 bits per heavy atom. The first kappa shape index (κ1) is 17.0. The molecule has 4 heterocycles. The van der Waals surface area contributed by atoms with Crippen LogP contribution >= 0.6 is 0 Å². The number of aryl methyl sites for hydroxylation is 1. The van der Waals surface area contributed by atoms with Crippen molar-refractivity contribution in [2.75, 3.05) is 31.6 Å². The summed E-state index contributed by atoms with van der Waals surface area (Å²) in [6.07, 6.45) is 5.45. The molecule has 1 N–H and O–H groups in total. The zero-order valence-electron chi connectivity index (χ0n) is 15.0. The Balaban J connectivity index is 1.49. The quantitative estimate of drug-likeness (QED) is 0.905. The number of anilines is 1. The monoisotopic (exact) mass is 356 g/mol. The number of carbonyl (C=O) groups is 1. The first-order valence-electron chi connectivity index (χ1n) is 9.25. The summed E-state index contributed by atoms with van der Waals surface area (Å²) in [5.74, 6) is 1.95. The molecule has 0 aromatic carbocycles. The smallest absolute Gasteiger partial charge is 0.289 e. The maximum atomic E-state index is 12.6. The number of fused-ring (bicyclic) bond motifs is 1. The summed E-state index contributed by atoms with van der Waals surface area (Å²) in [4.78, 5) is 23.6. The molecular weight excluding hydrogens is 332 g/mol. The summed E-state index contributed by atoms with van der Waals surface area (Å²) >= 11 is 0. The largest absolute Gasteiger partial charge is 0.459 e. The SMILES string of the molecule is Cc1nc2c(c(NCC3CCCO3)n1)CCN(C(=O)c1ccco1)CC2. The molecule has 0 radical (unpaired) electrons. The van der Waals surface area contributed by atoms with Crippen LogP contribution in [0.1, 0.15) is 40.5 Å². The predicted molar refractivity (Wildman–Crippen MR) is 96.3 cm³/mol. The third-order valence-corrected chi connectivity index (χ3v) is 5.00. The van der Waals surface area contributed by atoms with Gasteiger partial charge in [0.1, 0.15) is 11.6 Å². The van der Waals surface area contributed by atoms with Crippen LogP contribution in [0.15, 0.2) is 22.8 Å². The molecule has 7 heteroatoms. The topological polar surface area (TPSA) is 80.5 Å². The zero-order chi connectivity index (χ0) is 17.9. The molecule has 2 aromatic rings. The summed E-state index contributed by atoms with van der Waals surface area (Å²) in [6, 6.07) is 3.45. The number of carbonyl (C=O) groups excluding carboxylic acids is 1. The molecular formula is C19H24N4O3. The number of nitrogens with zero attached hydrogens (tertiary/aromatic N) is 3. The predicted octanol–water partition coefficient (Wildman–Crippen LogP) is 2.21. The Morgan fingerprint density at radius 2 is 2.23 bits per heavy atom. The molecule has 1 fully saturated rings. The highest BCUT2D eigenvalue weighted by atomic mass is 16.5. The van der Waals surface area contributed by atoms with E-state index in [1.807, 2.05) is 11.8 Å². The number of hydrogen-bond donors (Lipinski definition) is 1. The fraction of sp³-hybridized carbons (Fsp3) is 0.526. The molecule has 0 bridgehead atoms. The van der Waals surface area contributed by atoms with Crippen molar-refractivity contribution in [1.82, 2.24) is 14.9 Å². The van der Waals surface area contributed by atoms with E-state index in [0.717, 1.165) is 61.7 Å². The van der Waals surface area contributed by atoms with Crippen molar-refractivity contribution in [3.05, 3.63) is 41.2 Å². The van der Waals surface area contributed by atoms with Crippen LogP contribution in [-0.2, 0) is 17.6 Å². The highest BCUT2D eigenvalue weighted by Crippen LogP contribution is 2.23. The molecule has 1 amide bonds. The number of rotatable bonds is 4. The average molecular weight is 356 g/mol. The van der Waals surface area contributed by atoms with E-state index in [4.69, 9.17) is 9.15 Å². The zero-order valence-corrected chi connectivity index (χ0v) is 15.0. The normalized spacial score (nSPS) is 19.9. The van der Waals surface area contributed by atoms with Gasteiger partial charge in [-0.1, -0.05) is 0 Å². The van der Waals surface area contributed by atoms with E-state index < -0.39 is 0 Å². The van der Waals surface area contributed by atoms with E-state index in [0.29, 0.717) is 18.8 Å². The standard InChI is InChI=1S/C19H24N4O3/c1-13-21-16-7-9-23(19(24)17-5-3-11-26-17)8-6-15(16)18(22-13)20-12-14-4-2-10-25-14/h3,5,11,14H,2,4,6-10,12H2,1H3,(H,20,21,22). The molecule has 0 spiro atoms. The van der Waals surface area contributed by atoms with Crippen molar-refractivity contribution in [2.45, 2.75) is 38.7 Å². The Kier molecular flexibility index (Phi) is 4.88. The minimum atomic E-state index is -0.0682. The molecule has 2 aliphatic heterocycles. The van der Waals surface area contributed by atoms with E-state index in [9.17, 15) is 4.79 Å². The van der Waals surface area contributed by atoms with E-state index >= 15 is 0 Å². The van der Waals surface area contributed by atoms with Crippen molar-refractivity contribution >= 4 is 11.7 Å². The summed E-state index contributed by atoms with van der Waals surface area (Å²) in [5.41, 5.74) is 2.14. The maximum Gasteiger partial charge on any atom is 0.289 e. The average Bonchev–Trinajstić information content (AvgIpc) is 3.30. The minimum absolute atomic E-state index is 0.0682. The molecule has 1 saturated heterocycles. The van der Waals surface area contributed by atoms with Crippen molar-refractivity contribution in [2.24, 2.45) is 0 Å². The maximum absolute atomic E-state index is 12.6. The van der Waals surface area contributed by atoms with Crippen LogP contribution in [0.4, 0.5) is 5.82 Å². The Labute approximate surface area is 152 Å². The van der Waals surface area contributed by atoms with Crippen LogP contribution in [0.5, 0.6) is 0 Å². The Morgan fingerprint density at radius 1 is 1.35 bits per heavy atom. The van der Waals surface area contributed by atoms with Gasteiger partial charge < -0.3 is 19.4 Å². The summed E-state index contributed by atoms with van der Waals surface area (Å²) < 4.78 is 11.0. The molecule has 138 valence electrons. The van der Waals surface area contributed by atoms with Crippen LogP contribution in [0.3, 0.4) is 0 Å². The van der Waals surface area contributed by atoms with Crippen LogP contribution < -0.4 is 5.32 Å². The van der Waals surface area contributed by atoms with Gasteiger partial charge in [0.2, 0.25) is 0 Å². The fourth-order valence-corrected chi connectivity index (χ4v) is 3.64. The lowest BCUT2D eigenvalue weighted by Crippen LogP contribution is -2.33. The highest BCUT2D eigenvalue weighted by Gasteiger charge is 2.25. The second-order valence-corrected chi connectivity index (χ2v) is 6.83. The van der Waals surface area contributed by atoms with E-state index in [1.54, 1.807) is 12.1 Å². The second-order valence-electron chi connectivity index (χ2n) is 6.83. The van der Waals surface area contributed by atoms with Gasteiger partial charge in [-0.05, 0) is 38.3 Å². The van der Waals surface area contributed by atoms with Crippen LogP contribution in [0, 0.1) is 6.92 Å². The van der Waals surface area contributed by atoms with Gasteiger partial charge in [-0.15, -0.1) is 0 Å². The number of hydrogen-bond acceptors (Lipinski definition) is 6. The fourth-order valence-electron chi connectivity index (χ4n) is 3.64. The van der Waals surface area contributed by atoms with Gasteiger partial charge in [-0.3, -0.25) is 4.79 Å². The van der Waals surface area contributed by atoms with E-state index in [-0.39, 0.29) is 12.0 Å². The molecule has 7 nitrogen and oxygen atoms in total. The lowest BCUT2D eigenvalue weighted by molar-refractivity contribution is 0.0731. The van der Waals surface area contributed by atoms with Gasteiger partial charge >= 0.3 is 0 Å². The molecule has 0 saturated carbocycles. The molecule has 0 aliphatic carbocycles. The van der Waals surface area contributed by atoms with Gasteiger partial charge in [-0.25, -0.2) is 9.97 Å². The highest BCUT2D eigenvalue weighted by molar-refractivity contribution is 5.91. The lowest BCUT2D eigenvalue weighted by atomic mass is 10.1. The number of ether oxygens (including phenoxy) is 1. The summed E-state index contributed by atoms with van der Waals surface area (Å²) in [6.45, 7) is 4.78. The minimum Gasteiger partial charge on any atom is -0.459 e. The second kappa shape index (κ2) is 7.45. The van der Waals surface area contributed by atoms with Crippen LogP contribution in [-0.4, -0.2) is 53.1 Å². The number of amides is 1. The number of aromatic nitrogens is 2. The van der Waals surface area contributed by atoms with Gasteiger partial charge in [0, 0.05) is 38.2 Å². The van der Waals surface area contributed by atoms with Crippen LogP contribution in [0.2, 0.25) is 0 Å². The molecule has 4 rings (SSSR count). The third kappa shape index (κ3) is 3.58. The molecule has 26 heavy (non-hydrogen) atoms. The van der Waals surface area contributed by atoms with Crippen molar-refractivity contribution in [3.63, 3.8) is 0 Å². The van der Waals surface area contributed by atoms with Crippen LogP contribution in [0.25, 0.3) is 0 Å². The molecule has 2 aliphatic rings. The first-order valence-corrected chi connectivity index (χ1v) is 9.25. The summed E-state index contributed by atoms with van der Waals surface area (Å²) in [7, 11) is 0. The van der Waals surface area contributed by atoms with Gasteiger partial charge in [0.05, 0.1) is 18.1 Å². The Bertz CT molecular complexity index is 769. The first-order chi connectivity index (χ1) is 12.7. The molecule has 1 unspecified atom stereocenters. The number of furan rings is 1. The lowest BCUT2D eigenvalue weighted by Gasteiger charge is -2.18. The van der Waals surface area contributed by atoms with Crippen molar-refractivity contribution in [1.29, 1.82) is 0 Å². The Hall–Kier alpha value is -2.41. The van der Waals surface area contributed by atoms with Crippen molar-refractivity contribution in [3.8, 4) is 0 Å². The molecule has 2 aromatic heterocycles. The third-order valence-electron chi connectivity index (χ3n) is 5.00. The van der Waals surface area contributed by atoms with Gasteiger partial charge in [0.15, 0.2) is 5.76 Å². The summed E-state index contributed by atoms with van der Waals surface area (Å²) in [5, 5.41) is 3.46. The van der Waals surface area contributed by atoms with Crippen molar-refractivity contribution < 1.29 is 13.9 Å². The van der Waals surface area contributed by atoms with Gasteiger partial charge in [0.25, 0.3) is 5.91 Å². The van der Waals surface area contributed by atoms with E-state index in [2.05, 4.69) is 15.3 Å². The number of nitrogens with one attached hydrogen (secondary N) is 1.